The van der Waals surface area contributed by atoms with E-state index in [1.165, 1.54) is 6.92 Å². The van der Waals surface area contributed by atoms with Gasteiger partial charge in [0.2, 0.25) is 5.91 Å². The van der Waals surface area contributed by atoms with Gasteiger partial charge in [-0.05, 0) is 42.8 Å². The molecule has 1 amide bonds. The molecular formula is C22H19F6N3O2. The predicted octanol–water partition coefficient (Wildman–Crippen LogP) is 5.43. The van der Waals surface area contributed by atoms with Crippen LogP contribution in [0.1, 0.15) is 55.1 Å². The van der Waals surface area contributed by atoms with Crippen LogP contribution in [-0.4, -0.2) is 15.6 Å². The first-order valence-corrected chi connectivity index (χ1v) is 9.82. The Morgan fingerprint density at radius 1 is 0.909 bits per heavy atom. The Balaban J connectivity index is 1.99. The Kier molecular flexibility index (Phi) is 6.27. The van der Waals surface area contributed by atoms with E-state index in [1.54, 1.807) is 13.8 Å². The standard InChI is InChI=1S/C22H19F6N3O2/c1-11(2)18-29-17-10-15(22(26,27)28)8-9-16(17)20(33)31(18)30-19(32)12(3)13-4-6-14(7-5-13)21(23,24)25/h4-12H,1-3H3,(H,30,32). The summed E-state index contributed by atoms with van der Waals surface area (Å²) in [5.41, 5.74) is -0.0905. The molecule has 0 aliphatic heterocycles. The summed E-state index contributed by atoms with van der Waals surface area (Å²) in [6.07, 6.45) is -9.14. The highest BCUT2D eigenvalue weighted by molar-refractivity contribution is 5.90. The van der Waals surface area contributed by atoms with Crippen LogP contribution in [0.5, 0.6) is 0 Å². The minimum Gasteiger partial charge on any atom is -0.273 e. The van der Waals surface area contributed by atoms with Crippen molar-refractivity contribution in [2.75, 3.05) is 5.43 Å². The van der Waals surface area contributed by atoms with E-state index in [0.29, 0.717) is 0 Å². The van der Waals surface area contributed by atoms with Crippen molar-refractivity contribution in [3.05, 3.63) is 75.3 Å². The summed E-state index contributed by atoms with van der Waals surface area (Å²) in [7, 11) is 0. The maximum Gasteiger partial charge on any atom is 0.416 e. The minimum absolute atomic E-state index is 0.0276. The maximum absolute atomic E-state index is 13.0. The zero-order valence-electron chi connectivity index (χ0n) is 17.7. The van der Waals surface area contributed by atoms with Crippen LogP contribution in [0.15, 0.2) is 47.3 Å². The van der Waals surface area contributed by atoms with Crippen LogP contribution in [0.3, 0.4) is 0 Å². The fourth-order valence-corrected chi connectivity index (χ4v) is 3.19. The Hall–Kier alpha value is -3.37. The number of amides is 1. The number of carbonyl (C=O) groups excluding carboxylic acids is 1. The molecule has 1 atom stereocenters. The summed E-state index contributed by atoms with van der Waals surface area (Å²) in [6, 6.07) is 6.52. The SMILES string of the molecule is CC(C)c1nc2cc(C(F)(F)F)ccc2c(=O)n1NC(=O)C(C)c1ccc(C(F)(F)F)cc1. The number of aromatic nitrogens is 2. The molecule has 5 nitrogen and oxygen atoms in total. The van der Waals surface area contributed by atoms with Crippen LogP contribution in [0.2, 0.25) is 0 Å². The van der Waals surface area contributed by atoms with Gasteiger partial charge in [0.25, 0.3) is 5.56 Å². The summed E-state index contributed by atoms with van der Waals surface area (Å²) in [4.78, 5) is 29.9. The molecule has 0 aliphatic rings. The summed E-state index contributed by atoms with van der Waals surface area (Å²) in [5, 5.41) is -0.130. The third-order valence-electron chi connectivity index (χ3n) is 5.09. The largest absolute Gasteiger partial charge is 0.416 e. The molecule has 0 spiro atoms. The van der Waals surface area contributed by atoms with Crippen LogP contribution in [0, 0.1) is 0 Å². The first kappa shape index (κ1) is 24.3. The highest BCUT2D eigenvalue weighted by Gasteiger charge is 2.32. The highest BCUT2D eigenvalue weighted by atomic mass is 19.4. The lowest BCUT2D eigenvalue weighted by molar-refractivity contribution is -0.138. The van der Waals surface area contributed by atoms with E-state index in [-0.39, 0.29) is 22.3 Å². The highest BCUT2D eigenvalue weighted by Crippen LogP contribution is 2.31. The molecule has 0 saturated heterocycles. The van der Waals surface area contributed by atoms with Gasteiger partial charge in [-0.3, -0.25) is 15.0 Å². The Bertz CT molecular complexity index is 1240. The number of fused-ring (bicyclic) bond motifs is 1. The van der Waals surface area contributed by atoms with Crippen molar-refractivity contribution in [3.63, 3.8) is 0 Å². The van der Waals surface area contributed by atoms with Crippen molar-refractivity contribution < 1.29 is 31.1 Å². The predicted molar refractivity (Wildman–Crippen MR) is 109 cm³/mol. The molecule has 176 valence electrons. The second kappa shape index (κ2) is 8.53. The van der Waals surface area contributed by atoms with Gasteiger partial charge in [-0.25, -0.2) is 9.66 Å². The number of hydrogen-bond acceptors (Lipinski definition) is 3. The molecule has 1 heterocycles. The number of hydrogen-bond donors (Lipinski definition) is 1. The van der Waals surface area contributed by atoms with E-state index in [4.69, 9.17) is 0 Å². The van der Waals surface area contributed by atoms with Gasteiger partial charge in [-0.1, -0.05) is 26.0 Å². The number of carbonyl (C=O) groups is 1. The van der Waals surface area contributed by atoms with Crippen LogP contribution in [-0.2, 0) is 17.1 Å². The molecular weight excluding hydrogens is 452 g/mol. The summed E-state index contributed by atoms with van der Waals surface area (Å²) in [6.45, 7) is 4.73. The molecule has 1 unspecified atom stereocenters. The smallest absolute Gasteiger partial charge is 0.273 e. The first-order valence-electron chi connectivity index (χ1n) is 9.82. The lowest BCUT2D eigenvalue weighted by atomic mass is 9.99. The molecule has 3 rings (SSSR count). The van der Waals surface area contributed by atoms with E-state index in [9.17, 15) is 35.9 Å². The van der Waals surface area contributed by atoms with E-state index in [0.717, 1.165) is 47.1 Å². The van der Waals surface area contributed by atoms with Crippen LogP contribution >= 0.6 is 0 Å². The third kappa shape index (κ3) is 5.01. The van der Waals surface area contributed by atoms with Gasteiger partial charge >= 0.3 is 12.4 Å². The molecule has 1 N–H and O–H groups in total. The summed E-state index contributed by atoms with van der Waals surface area (Å²) < 4.78 is 78.3. The molecule has 0 aliphatic carbocycles. The van der Waals surface area contributed by atoms with Gasteiger partial charge in [0.05, 0.1) is 27.9 Å². The number of rotatable bonds is 4. The third-order valence-corrected chi connectivity index (χ3v) is 5.09. The quantitative estimate of drug-likeness (QED) is 0.516. The van der Waals surface area contributed by atoms with Crippen LogP contribution in [0.4, 0.5) is 26.3 Å². The lowest BCUT2D eigenvalue weighted by Crippen LogP contribution is -2.38. The van der Waals surface area contributed by atoms with Gasteiger partial charge in [-0.2, -0.15) is 26.3 Å². The number of benzene rings is 2. The minimum atomic E-state index is -4.62. The molecule has 2 aromatic carbocycles. The summed E-state index contributed by atoms with van der Waals surface area (Å²) >= 11 is 0. The zero-order chi connectivity index (χ0) is 24.7. The van der Waals surface area contributed by atoms with Crippen molar-refractivity contribution in [2.24, 2.45) is 0 Å². The van der Waals surface area contributed by atoms with E-state index < -0.39 is 46.8 Å². The van der Waals surface area contributed by atoms with Crippen LogP contribution in [0.25, 0.3) is 10.9 Å². The topological polar surface area (TPSA) is 64.0 Å². The second-order valence-corrected chi connectivity index (χ2v) is 7.81. The average Bonchev–Trinajstić information content (AvgIpc) is 2.73. The molecule has 33 heavy (non-hydrogen) atoms. The molecule has 0 radical (unpaired) electrons. The Labute approximate surface area is 184 Å². The van der Waals surface area contributed by atoms with Crippen molar-refractivity contribution in [1.82, 2.24) is 9.66 Å². The summed E-state index contributed by atoms with van der Waals surface area (Å²) in [5.74, 6) is -2.05. The molecule has 0 bridgehead atoms. The maximum atomic E-state index is 13.0. The van der Waals surface area contributed by atoms with E-state index in [2.05, 4.69) is 10.4 Å². The lowest BCUT2D eigenvalue weighted by Gasteiger charge is -2.19. The van der Waals surface area contributed by atoms with Gasteiger partial charge in [-0.15, -0.1) is 0 Å². The number of halogens is 6. The number of nitrogens with one attached hydrogen (secondary N) is 1. The van der Waals surface area contributed by atoms with Crippen molar-refractivity contribution in [3.8, 4) is 0 Å². The van der Waals surface area contributed by atoms with Gasteiger partial charge in [0.1, 0.15) is 5.82 Å². The van der Waals surface area contributed by atoms with E-state index in [1.807, 2.05) is 0 Å². The number of nitrogens with zero attached hydrogens (tertiary/aromatic N) is 2. The molecule has 1 aromatic heterocycles. The molecule has 11 heteroatoms. The fourth-order valence-electron chi connectivity index (χ4n) is 3.19. The fraction of sp³-hybridized carbons (Fsp3) is 0.318. The normalized spacial score (nSPS) is 13.4. The molecule has 3 aromatic rings. The van der Waals surface area contributed by atoms with Gasteiger partial charge in [0, 0.05) is 5.92 Å². The monoisotopic (exact) mass is 471 g/mol. The molecule has 0 saturated carbocycles. The average molecular weight is 471 g/mol. The zero-order valence-corrected chi connectivity index (χ0v) is 17.7. The van der Waals surface area contributed by atoms with Crippen molar-refractivity contribution in [1.29, 1.82) is 0 Å². The van der Waals surface area contributed by atoms with Gasteiger partial charge in [0.15, 0.2) is 0 Å². The van der Waals surface area contributed by atoms with E-state index >= 15 is 0 Å². The number of alkyl halides is 6. The van der Waals surface area contributed by atoms with Crippen molar-refractivity contribution >= 4 is 16.8 Å². The second-order valence-electron chi connectivity index (χ2n) is 7.81. The van der Waals surface area contributed by atoms with Crippen LogP contribution < -0.4 is 11.0 Å². The first-order chi connectivity index (χ1) is 15.2. The van der Waals surface area contributed by atoms with Gasteiger partial charge < -0.3 is 0 Å². The Morgan fingerprint density at radius 2 is 1.45 bits per heavy atom. The molecule has 0 fully saturated rings. The Morgan fingerprint density at radius 3 is 1.97 bits per heavy atom. The van der Waals surface area contributed by atoms with Crippen molar-refractivity contribution in [2.45, 2.75) is 45.0 Å².